The van der Waals surface area contributed by atoms with Crippen molar-refractivity contribution in [3.63, 3.8) is 0 Å². The smallest absolute Gasteiger partial charge is 0.122 e. The molecule has 2 atom stereocenters. The average molecular weight is 495 g/mol. The van der Waals surface area contributed by atoms with Crippen LogP contribution in [0.2, 0.25) is 0 Å². The van der Waals surface area contributed by atoms with Crippen LogP contribution < -0.4 is 5.32 Å². The summed E-state index contributed by atoms with van der Waals surface area (Å²) in [6.07, 6.45) is 5.92. The van der Waals surface area contributed by atoms with Crippen LogP contribution in [0.15, 0.2) is 108 Å². The maximum absolute atomic E-state index is 13.7. The standard InChI is InChI=1S/C34H39FN2/c1-7-24(2)22-36-28(6)34(19-26(4)33-14-9-8-11-25(33)3)37-23-30-17-15-29(16-18-30)20-31-12-10-13-32(21-31)27(5)35/h7-19,21-22,27-28,37H,4,20,23H2,1-3,5-6H3/b24-7-,34-19+,36-22?. The van der Waals surface area contributed by atoms with Crippen molar-refractivity contribution in [1.82, 2.24) is 5.32 Å². The molecule has 3 aromatic rings. The molecule has 192 valence electrons. The van der Waals surface area contributed by atoms with E-state index in [0.29, 0.717) is 6.54 Å². The van der Waals surface area contributed by atoms with Gasteiger partial charge < -0.3 is 5.32 Å². The largest absolute Gasteiger partial charge is 0.383 e. The fourth-order valence-electron chi connectivity index (χ4n) is 4.07. The molecule has 3 aromatic carbocycles. The second-order valence-corrected chi connectivity index (χ2v) is 9.63. The molecular formula is C34H39FN2. The van der Waals surface area contributed by atoms with Gasteiger partial charge in [-0.2, -0.15) is 0 Å². The zero-order valence-electron chi connectivity index (χ0n) is 22.8. The summed E-state index contributed by atoms with van der Waals surface area (Å²) in [5, 5.41) is 3.61. The molecule has 0 radical (unpaired) electrons. The van der Waals surface area contributed by atoms with Crippen molar-refractivity contribution in [2.75, 3.05) is 0 Å². The molecule has 0 fully saturated rings. The number of halogens is 1. The van der Waals surface area contributed by atoms with E-state index in [2.05, 4.69) is 87.3 Å². The second kappa shape index (κ2) is 13.5. The zero-order valence-corrected chi connectivity index (χ0v) is 22.8. The number of allylic oxidation sites excluding steroid dienone is 4. The molecule has 0 spiro atoms. The summed E-state index contributed by atoms with van der Waals surface area (Å²) in [5.41, 5.74) is 9.69. The molecule has 0 aliphatic heterocycles. The number of nitrogens with one attached hydrogen (secondary N) is 1. The van der Waals surface area contributed by atoms with Crippen LogP contribution >= 0.6 is 0 Å². The highest BCUT2D eigenvalue weighted by atomic mass is 19.1. The van der Waals surface area contributed by atoms with Crippen molar-refractivity contribution in [3.05, 3.63) is 136 Å². The van der Waals surface area contributed by atoms with E-state index >= 15 is 0 Å². The topological polar surface area (TPSA) is 24.4 Å². The first-order valence-corrected chi connectivity index (χ1v) is 12.9. The molecule has 0 saturated heterocycles. The Morgan fingerprint density at radius 2 is 1.68 bits per heavy atom. The Morgan fingerprint density at radius 1 is 0.973 bits per heavy atom. The molecule has 0 saturated carbocycles. The minimum Gasteiger partial charge on any atom is -0.383 e. The lowest BCUT2D eigenvalue weighted by Gasteiger charge is -2.17. The number of benzene rings is 3. The quantitative estimate of drug-likeness (QED) is 0.209. The van der Waals surface area contributed by atoms with Gasteiger partial charge in [0.2, 0.25) is 0 Å². The number of nitrogens with zero attached hydrogens (tertiary/aromatic N) is 1. The third-order valence-electron chi connectivity index (χ3n) is 6.57. The predicted octanol–water partition coefficient (Wildman–Crippen LogP) is 8.73. The van der Waals surface area contributed by atoms with Crippen LogP contribution in [0.3, 0.4) is 0 Å². The highest BCUT2D eigenvalue weighted by molar-refractivity contribution is 5.78. The van der Waals surface area contributed by atoms with Gasteiger partial charge in [0, 0.05) is 18.5 Å². The van der Waals surface area contributed by atoms with Crippen molar-refractivity contribution in [3.8, 4) is 0 Å². The van der Waals surface area contributed by atoms with Crippen molar-refractivity contribution in [2.45, 2.75) is 59.8 Å². The number of aliphatic imine (C=N–C) groups is 1. The summed E-state index contributed by atoms with van der Waals surface area (Å²) in [4.78, 5) is 4.77. The van der Waals surface area contributed by atoms with E-state index in [4.69, 9.17) is 4.99 Å². The van der Waals surface area contributed by atoms with E-state index in [0.717, 1.165) is 40.0 Å². The van der Waals surface area contributed by atoms with Gasteiger partial charge in [-0.15, -0.1) is 0 Å². The summed E-state index contributed by atoms with van der Waals surface area (Å²) in [6, 6.07) is 24.6. The van der Waals surface area contributed by atoms with E-state index in [-0.39, 0.29) is 6.04 Å². The fraction of sp³-hybridized carbons (Fsp3) is 0.265. The highest BCUT2D eigenvalue weighted by Gasteiger charge is 2.10. The maximum atomic E-state index is 13.7. The molecule has 0 aliphatic rings. The van der Waals surface area contributed by atoms with E-state index in [1.54, 1.807) is 6.92 Å². The molecule has 1 N–H and O–H groups in total. The molecule has 0 aliphatic carbocycles. The van der Waals surface area contributed by atoms with Gasteiger partial charge in [0.25, 0.3) is 0 Å². The van der Waals surface area contributed by atoms with Crippen LogP contribution in [0.25, 0.3) is 5.57 Å². The van der Waals surface area contributed by atoms with Crippen LogP contribution in [0.5, 0.6) is 0 Å². The average Bonchev–Trinajstić information content (AvgIpc) is 2.90. The normalized spacial score (nSPS) is 14.0. The van der Waals surface area contributed by atoms with Gasteiger partial charge in [-0.25, -0.2) is 4.39 Å². The molecule has 0 aromatic heterocycles. The Bertz CT molecular complexity index is 1280. The number of hydrogen-bond donors (Lipinski definition) is 1. The third-order valence-corrected chi connectivity index (χ3v) is 6.57. The summed E-state index contributed by atoms with van der Waals surface area (Å²) < 4.78 is 13.7. The van der Waals surface area contributed by atoms with Gasteiger partial charge in [-0.1, -0.05) is 85.5 Å². The monoisotopic (exact) mass is 494 g/mol. The highest BCUT2D eigenvalue weighted by Crippen LogP contribution is 2.22. The van der Waals surface area contributed by atoms with Gasteiger partial charge in [-0.05, 0) is 91.6 Å². The third kappa shape index (κ3) is 8.42. The Hall–Kier alpha value is -3.72. The number of hydrogen-bond acceptors (Lipinski definition) is 2. The lowest BCUT2D eigenvalue weighted by atomic mass is 9.99. The minimum atomic E-state index is -0.953. The van der Waals surface area contributed by atoms with Gasteiger partial charge in [0.15, 0.2) is 0 Å². The predicted molar refractivity (Wildman–Crippen MR) is 158 cm³/mol. The number of alkyl halides is 1. The van der Waals surface area contributed by atoms with Crippen molar-refractivity contribution in [1.29, 1.82) is 0 Å². The first kappa shape index (κ1) is 27.9. The Labute approximate surface area is 222 Å². The molecule has 0 bridgehead atoms. The molecule has 2 unspecified atom stereocenters. The van der Waals surface area contributed by atoms with Crippen LogP contribution in [0, 0.1) is 6.92 Å². The van der Waals surface area contributed by atoms with Crippen molar-refractivity contribution < 1.29 is 4.39 Å². The number of rotatable bonds is 11. The van der Waals surface area contributed by atoms with Crippen molar-refractivity contribution >= 4 is 11.8 Å². The van der Waals surface area contributed by atoms with Gasteiger partial charge in [0.05, 0.1) is 6.04 Å². The van der Waals surface area contributed by atoms with Crippen molar-refractivity contribution in [2.24, 2.45) is 4.99 Å². The van der Waals surface area contributed by atoms with E-state index < -0.39 is 6.17 Å². The van der Waals surface area contributed by atoms with E-state index in [1.807, 2.05) is 43.5 Å². The summed E-state index contributed by atoms with van der Waals surface area (Å²) in [7, 11) is 0. The summed E-state index contributed by atoms with van der Waals surface area (Å²) >= 11 is 0. The lowest BCUT2D eigenvalue weighted by molar-refractivity contribution is 0.374. The molecule has 3 rings (SSSR count). The fourth-order valence-corrected chi connectivity index (χ4v) is 4.07. The molecule has 0 amide bonds. The minimum absolute atomic E-state index is 0.0416. The first-order valence-electron chi connectivity index (χ1n) is 12.9. The molecular weight excluding hydrogens is 455 g/mol. The first-order chi connectivity index (χ1) is 17.8. The lowest BCUT2D eigenvalue weighted by Crippen LogP contribution is -2.21. The molecule has 2 nitrogen and oxygen atoms in total. The number of aryl methyl sites for hydroxylation is 1. The van der Waals surface area contributed by atoms with Gasteiger partial charge in [-0.3, -0.25) is 4.99 Å². The van der Waals surface area contributed by atoms with Crippen LogP contribution in [-0.2, 0) is 13.0 Å². The van der Waals surface area contributed by atoms with Crippen LogP contribution in [0.1, 0.15) is 67.2 Å². The Balaban J connectivity index is 1.74. The SMILES string of the molecule is C=C(/C=C(/NCc1ccc(Cc2cccc(C(C)F)c2)cc1)C(C)N=C/C(C)=C\C)c1ccccc1C. The van der Waals surface area contributed by atoms with Crippen LogP contribution in [-0.4, -0.2) is 12.3 Å². The van der Waals surface area contributed by atoms with Crippen LogP contribution in [0.4, 0.5) is 4.39 Å². The van der Waals surface area contributed by atoms with E-state index in [1.165, 1.54) is 16.7 Å². The van der Waals surface area contributed by atoms with Gasteiger partial charge in [0.1, 0.15) is 6.17 Å². The second-order valence-electron chi connectivity index (χ2n) is 9.63. The van der Waals surface area contributed by atoms with Gasteiger partial charge >= 0.3 is 0 Å². The summed E-state index contributed by atoms with van der Waals surface area (Å²) in [5.74, 6) is 0. The Morgan fingerprint density at radius 3 is 2.35 bits per heavy atom. The zero-order chi connectivity index (χ0) is 26.8. The molecule has 3 heteroatoms. The maximum Gasteiger partial charge on any atom is 0.122 e. The molecule has 37 heavy (non-hydrogen) atoms. The summed E-state index contributed by atoms with van der Waals surface area (Å²) in [6.45, 7) is 14.9. The Kier molecular flexibility index (Phi) is 10.2. The molecule has 0 heterocycles. The van der Waals surface area contributed by atoms with E-state index in [9.17, 15) is 4.39 Å².